The van der Waals surface area contributed by atoms with Crippen molar-refractivity contribution < 1.29 is 4.39 Å². The predicted octanol–water partition coefficient (Wildman–Crippen LogP) is 5.19. The molecular formula is C19H12FN. The van der Waals surface area contributed by atoms with Crippen LogP contribution in [0, 0.1) is 5.82 Å². The van der Waals surface area contributed by atoms with Gasteiger partial charge in [-0.3, -0.25) is 4.98 Å². The average Bonchev–Trinajstić information content (AvgIpc) is 2.54. The van der Waals surface area contributed by atoms with E-state index in [2.05, 4.69) is 23.2 Å². The highest BCUT2D eigenvalue weighted by Gasteiger charge is 2.04. The van der Waals surface area contributed by atoms with E-state index in [1.54, 1.807) is 12.3 Å². The lowest BCUT2D eigenvalue weighted by molar-refractivity contribution is 0.630. The van der Waals surface area contributed by atoms with Crippen LogP contribution in [0.4, 0.5) is 4.39 Å². The van der Waals surface area contributed by atoms with Gasteiger partial charge in [0.15, 0.2) is 0 Å². The number of hydrogen-bond acceptors (Lipinski definition) is 1. The Kier molecular flexibility index (Phi) is 2.68. The van der Waals surface area contributed by atoms with E-state index in [0.29, 0.717) is 0 Å². The van der Waals surface area contributed by atoms with Crippen LogP contribution in [-0.2, 0) is 0 Å². The molecule has 0 aliphatic heterocycles. The standard InChI is InChI=1S/C19H12FN/c20-16-7-9-18-14(12-16)5-4-13-11-15(6-8-17(13)18)19-3-1-2-10-21-19/h1-12H. The first-order valence-corrected chi connectivity index (χ1v) is 6.85. The fraction of sp³-hybridized carbons (Fsp3) is 0. The molecule has 0 N–H and O–H groups in total. The summed E-state index contributed by atoms with van der Waals surface area (Å²) in [5, 5.41) is 4.26. The van der Waals surface area contributed by atoms with E-state index in [0.717, 1.165) is 32.8 Å². The van der Waals surface area contributed by atoms with Crippen LogP contribution in [0.5, 0.6) is 0 Å². The molecule has 0 amide bonds. The van der Waals surface area contributed by atoms with Crippen LogP contribution in [0.15, 0.2) is 72.9 Å². The van der Waals surface area contributed by atoms with Gasteiger partial charge in [-0.05, 0) is 51.9 Å². The predicted molar refractivity (Wildman–Crippen MR) is 84.6 cm³/mol. The van der Waals surface area contributed by atoms with Crippen molar-refractivity contribution in [3.05, 3.63) is 78.7 Å². The molecule has 1 nitrogen and oxygen atoms in total. The fourth-order valence-electron chi connectivity index (χ4n) is 2.74. The normalized spacial score (nSPS) is 11.1. The second-order valence-electron chi connectivity index (χ2n) is 5.08. The second-order valence-corrected chi connectivity index (χ2v) is 5.08. The van der Waals surface area contributed by atoms with Crippen LogP contribution in [0.2, 0.25) is 0 Å². The molecule has 0 bridgehead atoms. The molecule has 4 aromatic rings. The highest BCUT2D eigenvalue weighted by Crippen LogP contribution is 2.29. The third-order valence-electron chi connectivity index (χ3n) is 3.76. The Morgan fingerprint density at radius 1 is 0.714 bits per heavy atom. The van der Waals surface area contributed by atoms with Crippen molar-refractivity contribution in [2.45, 2.75) is 0 Å². The molecule has 0 aliphatic rings. The summed E-state index contributed by atoms with van der Waals surface area (Å²) in [6, 6.07) is 21.1. The minimum absolute atomic E-state index is 0.202. The highest BCUT2D eigenvalue weighted by molar-refractivity contribution is 6.08. The van der Waals surface area contributed by atoms with Crippen molar-refractivity contribution >= 4 is 21.5 Å². The molecule has 3 aromatic carbocycles. The van der Waals surface area contributed by atoms with E-state index >= 15 is 0 Å². The molecule has 0 radical (unpaired) electrons. The fourth-order valence-corrected chi connectivity index (χ4v) is 2.74. The zero-order chi connectivity index (χ0) is 14.2. The van der Waals surface area contributed by atoms with Crippen molar-refractivity contribution in [3.63, 3.8) is 0 Å². The number of benzene rings is 3. The van der Waals surface area contributed by atoms with E-state index in [-0.39, 0.29) is 5.82 Å². The molecule has 0 saturated carbocycles. The summed E-state index contributed by atoms with van der Waals surface area (Å²) in [4.78, 5) is 4.38. The molecule has 0 fully saturated rings. The Labute approximate surface area is 121 Å². The number of halogens is 1. The van der Waals surface area contributed by atoms with Gasteiger partial charge < -0.3 is 0 Å². The molecule has 4 rings (SSSR count). The third-order valence-corrected chi connectivity index (χ3v) is 3.76. The van der Waals surface area contributed by atoms with Gasteiger partial charge in [-0.2, -0.15) is 0 Å². The first-order chi connectivity index (χ1) is 10.3. The first kappa shape index (κ1) is 12.0. The van der Waals surface area contributed by atoms with E-state index in [1.165, 1.54) is 6.07 Å². The van der Waals surface area contributed by atoms with Gasteiger partial charge in [0.1, 0.15) is 5.82 Å². The number of hydrogen-bond donors (Lipinski definition) is 0. The molecule has 100 valence electrons. The molecule has 0 aliphatic carbocycles. The molecule has 0 atom stereocenters. The minimum Gasteiger partial charge on any atom is -0.256 e. The third kappa shape index (κ3) is 2.05. The Balaban J connectivity index is 1.97. The molecule has 1 heterocycles. The Bertz CT molecular complexity index is 945. The lowest BCUT2D eigenvalue weighted by atomic mass is 9.99. The molecule has 0 unspecified atom stereocenters. The van der Waals surface area contributed by atoms with E-state index in [1.807, 2.05) is 36.4 Å². The molecular weight excluding hydrogens is 261 g/mol. The number of rotatable bonds is 1. The van der Waals surface area contributed by atoms with E-state index in [9.17, 15) is 4.39 Å². The summed E-state index contributed by atoms with van der Waals surface area (Å²) in [5.74, 6) is -0.202. The quantitative estimate of drug-likeness (QED) is 0.435. The van der Waals surface area contributed by atoms with Crippen LogP contribution in [0.3, 0.4) is 0 Å². The van der Waals surface area contributed by atoms with Gasteiger partial charge in [0.25, 0.3) is 0 Å². The summed E-state index contributed by atoms with van der Waals surface area (Å²) in [5.41, 5.74) is 2.04. The summed E-state index contributed by atoms with van der Waals surface area (Å²) < 4.78 is 13.3. The smallest absolute Gasteiger partial charge is 0.123 e. The maximum Gasteiger partial charge on any atom is 0.123 e. The van der Waals surface area contributed by atoms with Gasteiger partial charge in [-0.25, -0.2) is 4.39 Å². The molecule has 21 heavy (non-hydrogen) atoms. The summed E-state index contributed by atoms with van der Waals surface area (Å²) in [6.45, 7) is 0. The lowest BCUT2D eigenvalue weighted by Crippen LogP contribution is -1.84. The van der Waals surface area contributed by atoms with E-state index < -0.39 is 0 Å². The maximum atomic E-state index is 13.3. The lowest BCUT2D eigenvalue weighted by Gasteiger charge is -2.07. The number of pyridine rings is 1. The first-order valence-electron chi connectivity index (χ1n) is 6.85. The zero-order valence-corrected chi connectivity index (χ0v) is 11.3. The zero-order valence-electron chi connectivity index (χ0n) is 11.3. The topological polar surface area (TPSA) is 12.9 Å². The van der Waals surface area contributed by atoms with Gasteiger partial charge in [0.2, 0.25) is 0 Å². The Morgan fingerprint density at radius 3 is 2.24 bits per heavy atom. The Morgan fingerprint density at radius 2 is 1.48 bits per heavy atom. The van der Waals surface area contributed by atoms with Crippen molar-refractivity contribution in [3.8, 4) is 11.3 Å². The van der Waals surface area contributed by atoms with Crippen LogP contribution < -0.4 is 0 Å². The second kappa shape index (κ2) is 4.67. The SMILES string of the molecule is Fc1ccc2c(ccc3cc(-c4ccccn4)ccc32)c1. The minimum atomic E-state index is -0.202. The molecule has 0 spiro atoms. The van der Waals surface area contributed by atoms with Crippen LogP contribution in [-0.4, -0.2) is 4.98 Å². The average molecular weight is 273 g/mol. The molecule has 2 heteroatoms. The monoisotopic (exact) mass is 273 g/mol. The van der Waals surface area contributed by atoms with Crippen LogP contribution >= 0.6 is 0 Å². The molecule has 1 aromatic heterocycles. The van der Waals surface area contributed by atoms with Crippen molar-refractivity contribution in [2.75, 3.05) is 0 Å². The van der Waals surface area contributed by atoms with Crippen molar-refractivity contribution in [1.82, 2.24) is 4.98 Å². The number of nitrogens with zero attached hydrogens (tertiary/aromatic N) is 1. The van der Waals surface area contributed by atoms with Crippen LogP contribution in [0.25, 0.3) is 32.8 Å². The van der Waals surface area contributed by atoms with Gasteiger partial charge in [0, 0.05) is 11.8 Å². The van der Waals surface area contributed by atoms with Gasteiger partial charge >= 0.3 is 0 Å². The largest absolute Gasteiger partial charge is 0.256 e. The van der Waals surface area contributed by atoms with Gasteiger partial charge in [0.05, 0.1) is 5.69 Å². The summed E-state index contributed by atoms with van der Waals surface area (Å²) in [7, 11) is 0. The maximum absolute atomic E-state index is 13.3. The number of fused-ring (bicyclic) bond motifs is 3. The summed E-state index contributed by atoms with van der Waals surface area (Å²) in [6.07, 6.45) is 1.79. The van der Waals surface area contributed by atoms with Crippen molar-refractivity contribution in [2.24, 2.45) is 0 Å². The van der Waals surface area contributed by atoms with Gasteiger partial charge in [-0.15, -0.1) is 0 Å². The van der Waals surface area contributed by atoms with Crippen molar-refractivity contribution in [1.29, 1.82) is 0 Å². The summed E-state index contributed by atoms with van der Waals surface area (Å²) >= 11 is 0. The Hall–Kier alpha value is -2.74. The molecule has 0 saturated heterocycles. The number of aromatic nitrogens is 1. The van der Waals surface area contributed by atoms with E-state index in [4.69, 9.17) is 0 Å². The van der Waals surface area contributed by atoms with Crippen LogP contribution in [0.1, 0.15) is 0 Å². The van der Waals surface area contributed by atoms with Gasteiger partial charge in [-0.1, -0.05) is 36.4 Å². The highest BCUT2D eigenvalue weighted by atomic mass is 19.1.